The Morgan fingerprint density at radius 1 is 1.48 bits per heavy atom. The molecule has 0 saturated carbocycles. The van der Waals surface area contributed by atoms with Gasteiger partial charge in [0.25, 0.3) is 0 Å². The van der Waals surface area contributed by atoms with Crippen molar-refractivity contribution in [2.24, 2.45) is 7.05 Å². The maximum Gasteiger partial charge on any atom is 0.159 e. The number of carbonyl (C=O) groups is 1. The van der Waals surface area contributed by atoms with Crippen LogP contribution in [0.1, 0.15) is 22.8 Å². The fourth-order valence-corrected chi connectivity index (χ4v) is 2.34. The standard InChI is InChI=1S/C17H23N3O3/c1-13(21)15-5-4-6-17(7-15)23-12-16(22)11-19(2)9-14-8-18-20(3)10-14/h4-8,10,16,22H,9,11-12H2,1-3H3. The van der Waals surface area contributed by atoms with Crippen LogP contribution in [0.15, 0.2) is 36.7 Å². The number of aliphatic hydroxyl groups is 1. The van der Waals surface area contributed by atoms with Gasteiger partial charge in [-0.3, -0.25) is 14.4 Å². The number of nitrogens with zero attached hydrogens (tertiary/aromatic N) is 3. The summed E-state index contributed by atoms with van der Waals surface area (Å²) in [5.74, 6) is 0.582. The van der Waals surface area contributed by atoms with E-state index in [0.717, 1.165) is 5.56 Å². The first-order chi connectivity index (χ1) is 10.9. The summed E-state index contributed by atoms with van der Waals surface area (Å²) < 4.78 is 7.32. The number of carbonyl (C=O) groups excluding carboxylic acids is 1. The second-order valence-corrected chi connectivity index (χ2v) is 5.77. The van der Waals surface area contributed by atoms with Crippen molar-refractivity contribution in [3.63, 3.8) is 0 Å². The Bertz CT molecular complexity index is 654. The van der Waals surface area contributed by atoms with Crippen LogP contribution in [-0.4, -0.2) is 51.9 Å². The van der Waals surface area contributed by atoms with Crippen LogP contribution in [0.4, 0.5) is 0 Å². The summed E-state index contributed by atoms with van der Waals surface area (Å²) in [6.45, 7) is 2.89. The van der Waals surface area contributed by atoms with E-state index in [0.29, 0.717) is 24.4 Å². The van der Waals surface area contributed by atoms with E-state index in [4.69, 9.17) is 4.74 Å². The summed E-state index contributed by atoms with van der Waals surface area (Å²) in [6, 6.07) is 6.98. The molecule has 0 spiro atoms. The van der Waals surface area contributed by atoms with Crippen LogP contribution in [0.25, 0.3) is 0 Å². The number of ketones is 1. The van der Waals surface area contributed by atoms with Gasteiger partial charge in [-0.1, -0.05) is 12.1 Å². The molecule has 1 heterocycles. The van der Waals surface area contributed by atoms with Gasteiger partial charge < -0.3 is 9.84 Å². The Morgan fingerprint density at radius 2 is 2.26 bits per heavy atom. The Morgan fingerprint density at radius 3 is 2.91 bits per heavy atom. The van der Waals surface area contributed by atoms with E-state index in [1.807, 2.05) is 31.4 Å². The normalized spacial score (nSPS) is 12.4. The van der Waals surface area contributed by atoms with E-state index < -0.39 is 6.10 Å². The number of hydrogen-bond acceptors (Lipinski definition) is 5. The van der Waals surface area contributed by atoms with Gasteiger partial charge in [-0.15, -0.1) is 0 Å². The van der Waals surface area contributed by atoms with Gasteiger partial charge >= 0.3 is 0 Å². The minimum absolute atomic E-state index is 0.00722. The lowest BCUT2D eigenvalue weighted by Gasteiger charge is -2.20. The third-order valence-electron chi connectivity index (χ3n) is 3.42. The summed E-state index contributed by atoms with van der Waals surface area (Å²) in [5.41, 5.74) is 1.70. The number of likely N-dealkylation sites (N-methyl/N-ethyl adjacent to an activating group) is 1. The van der Waals surface area contributed by atoms with Crippen molar-refractivity contribution in [1.29, 1.82) is 0 Å². The number of aliphatic hydroxyl groups excluding tert-OH is 1. The smallest absolute Gasteiger partial charge is 0.159 e. The lowest BCUT2D eigenvalue weighted by atomic mass is 10.1. The summed E-state index contributed by atoms with van der Waals surface area (Å²) in [5, 5.41) is 14.2. The van der Waals surface area contributed by atoms with E-state index in [9.17, 15) is 9.90 Å². The third kappa shape index (κ3) is 5.50. The minimum Gasteiger partial charge on any atom is -0.491 e. The molecule has 23 heavy (non-hydrogen) atoms. The van der Waals surface area contributed by atoms with Crippen molar-refractivity contribution in [1.82, 2.24) is 14.7 Å². The molecule has 0 fully saturated rings. The Hall–Kier alpha value is -2.18. The number of rotatable bonds is 8. The largest absolute Gasteiger partial charge is 0.491 e. The molecule has 124 valence electrons. The number of benzene rings is 1. The van der Waals surface area contributed by atoms with Crippen molar-refractivity contribution >= 4 is 5.78 Å². The highest BCUT2D eigenvalue weighted by Gasteiger charge is 2.11. The highest BCUT2D eigenvalue weighted by Crippen LogP contribution is 2.14. The Labute approximate surface area is 136 Å². The van der Waals surface area contributed by atoms with Gasteiger partial charge in [-0.05, 0) is 26.1 Å². The van der Waals surface area contributed by atoms with Crippen molar-refractivity contribution in [3.05, 3.63) is 47.8 Å². The number of aryl methyl sites for hydroxylation is 1. The summed E-state index contributed by atoms with van der Waals surface area (Å²) in [4.78, 5) is 13.3. The minimum atomic E-state index is -0.613. The fourth-order valence-electron chi connectivity index (χ4n) is 2.34. The first-order valence-corrected chi connectivity index (χ1v) is 7.52. The Balaban J connectivity index is 1.79. The molecule has 1 atom stereocenters. The maximum absolute atomic E-state index is 11.3. The van der Waals surface area contributed by atoms with Gasteiger partial charge in [-0.2, -0.15) is 5.10 Å². The fraction of sp³-hybridized carbons (Fsp3) is 0.412. The topological polar surface area (TPSA) is 67.6 Å². The van der Waals surface area contributed by atoms with Crippen LogP contribution in [-0.2, 0) is 13.6 Å². The van der Waals surface area contributed by atoms with Crippen LogP contribution in [0.2, 0.25) is 0 Å². The quantitative estimate of drug-likeness (QED) is 0.747. The van der Waals surface area contributed by atoms with Crippen LogP contribution >= 0.6 is 0 Å². The van der Waals surface area contributed by atoms with Gasteiger partial charge in [0, 0.05) is 37.5 Å². The van der Waals surface area contributed by atoms with Crippen LogP contribution < -0.4 is 4.74 Å². The number of Topliss-reactive ketones (excluding diaryl/α,β-unsaturated/α-hetero) is 1. The average molecular weight is 317 g/mol. The van der Waals surface area contributed by atoms with Gasteiger partial charge in [-0.25, -0.2) is 0 Å². The lowest BCUT2D eigenvalue weighted by Crippen LogP contribution is -2.32. The molecule has 1 aromatic carbocycles. The molecule has 1 aromatic heterocycles. The zero-order chi connectivity index (χ0) is 16.8. The van der Waals surface area contributed by atoms with Crippen molar-refractivity contribution in [3.8, 4) is 5.75 Å². The predicted molar refractivity (Wildman–Crippen MR) is 87.5 cm³/mol. The first kappa shape index (κ1) is 17.2. The van der Waals surface area contributed by atoms with E-state index >= 15 is 0 Å². The predicted octanol–water partition coefficient (Wildman–Crippen LogP) is 1.49. The molecule has 0 aliphatic heterocycles. The molecule has 6 heteroatoms. The van der Waals surface area contributed by atoms with Crippen LogP contribution in [0.3, 0.4) is 0 Å². The molecule has 0 aliphatic rings. The molecule has 0 saturated heterocycles. The zero-order valence-corrected chi connectivity index (χ0v) is 13.8. The average Bonchev–Trinajstić information content (AvgIpc) is 2.90. The number of hydrogen-bond donors (Lipinski definition) is 1. The molecular weight excluding hydrogens is 294 g/mol. The first-order valence-electron chi connectivity index (χ1n) is 7.52. The second kappa shape index (κ2) is 7.89. The zero-order valence-electron chi connectivity index (χ0n) is 13.8. The van der Waals surface area contributed by atoms with Crippen molar-refractivity contribution in [2.75, 3.05) is 20.2 Å². The highest BCUT2D eigenvalue weighted by molar-refractivity contribution is 5.94. The third-order valence-corrected chi connectivity index (χ3v) is 3.42. The van der Waals surface area contributed by atoms with Gasteiger partial charge in [0.05, 0.1) is 6.20 Å². The number of aromatic nitrogens is 2. The lowest BCUT2D eigenvalue weighted by molar-refractivity contribution is 0.0743. The monoisotopic (exact) mass is 317 g/mol. The molecule has 2 aromatic rings. The van der Waals surface area contributed by atoms with Crippen molar-refractivity contribution in [2.45, 2.75) is 19.6 Å². The molecular formula is C17H23N3O3. The molecule has 0 amide bonds. The molecule has 0 aliphatic carbocycles. The van der Waals surface area contributed by atoms with Gasteiger partial charge in [0.15, 0.2) is 5.78 Å². The maximum atomic E-state index is 11.3. The summed E-state index contributed by atoms with van der Waals surface area (Å²) in [7, 11) is 3.81. The summed E-state index contributed by atoms with van der Waals surface area (Å²) in [6.07, 6.45) is 3.15. The van der Waals surface area contributed by atoms with E-state index in [1.165, 1.54) is 6.92 Å². The molecule has 6 nitrogen and oxygen atoms in total. The second-order valence-electron chi connectivity index (χ2n) is 5.77. The molecule has 0 bridgehead atoms. The summed E-state index contributed by atoms with van der Waals surface area (Å²) >= 11 is 0. The molecule has 2 rings (SSSR count). The van der Waals surface area contributed by atoms with Crippen molar-refractivity contribution < 1.29 is 14.6 Å². The highest BCUT2D eigenvalue weighted by atomic mass is 16.5. The van der Waals surface area contributed by atoms with Crippen LogP contribution in [0, 0.1) is 0 Å². The Kier molecular flexibility index (Phi) is 5.90. The van der Waals surface area contributed by atoms with E-state index in [2.05, 4.69) is 5.10 Å². The molecule has 0 radical (unpaired) electrons. The van der Waals surface area contributed by atoms with Crippen LogP contribution in [0.5, 0.6) is 5.75 Å². The van der Waals surface area contributed by atoms with Gasteiger partial charge in [0.1, 0.15) is 18.5 Å². The van der Waals surface area contributed by atoms with Gasteiger partial charge in [0.2, 0.25) is 0 Å². The van der Waals surface area contributed by atoms with E-state index in [-0.39, 0.29) is 12.4 Å². The SMILES string of the molecule is CC(=O)c1cccc(OCC(O)CN(C)Cc2cnn(C)c2)c1. The number of ether oxygens (including phenoxy) is 1. The molecule has 1 unspecified atom stereocenters. The molecule has 1 N–H and O–H groups in total. The van der Waals surface area contributed by atoms with E-state index in [1.54, 1.807) is 28.9 Å².